The smallest absolute Gasteiger partial charge is 0.326 e. The predicted octanol–water partition coefficient (Wildman–Crippen LogP) is 1.15. The van der Waals surface area contributed by atoms with E-state index >= 15 is 0 Å². The van der Waals surface area contributed by atoms with Gasteiger partial charge in [0, 0.05) is 13.0 Å². The topological polar surface area (TPSA) is 86.7 Å². The molecule has 1 saturated heterocycles. The molecule has 0 aromatic heterocycles. The fraction of sp³-hybridized carbons (Fsp3) is 0.800. The van der Waals surface area contributed by atoms with Crippen molar-refractivity contribution in [2.24, 2.45) is 5.92 Å². The molecule has 6 heteroatoms. The maximum Gasteiger partial charge on any atom is 0.326 e. The summed E-state index contributed by atoms with van der Waals surface area (Å²) in [6, 6.07) is -1.42. The highest BCUT2D eigenvalue weighted by Gasteiger charge is 2.44. The lowest BCUT2D eigenvalue weighted by Crippen LogP contribution is -2.61. The highest BCUT2D eigenvalue weighted by molar-refractivity contribution is 5.90. The summed E-state index contributed by atoms with van der Waals surface area (Å²) in [4.78, 5) is 36.9. The Morgan fingerprint density at radius 3 is 2.43 bits per heavy atom. The number of hydrogen-bond acceptors (Lipinski definition) is 3. The number of carbonyl (C=O) groups excluding carboxylic acids is 2. The number of carboxylic acid groups (broad SMARTS) is 1. The molecule has 1 aliphatic heterocycles. The Balaban J connectivity index is 2.21. The number of hydrogen-bond donors (Lipinski definition) is 2. The van der Waals surface area contributed by atoms with Gasteiger partial charge in [-0.1, -0.05) is 12.8 Å². The summed E-state index contributed by atoms with van der Waals surface area (Å²) in [5.74, 6) is -1.08. The molecular formula is C15H24N2O4. The normalized spacial score (nSPS) is 30.2. The summed E-state index contributed by atoms with van der Waals surface area (Å²) in [6.45, 7) is 2.98. The summed E-state index contributed by atoms with van der Waals surface area (Å²) in [7, 11) is 0. The zero-order chi connectivity index (χ0) is 15.6. The Labute approximate surface area is 124 Å². The number of nitrogens with zero attached hydrogens (tertiary/aromatic N) is 1. The van der Waals surface area contributed by atoms with E-state index in [4.69, 9.17) is 0 Å². The van der Waals surface area contributed by atoms with E-state index < -0.39 is 18.1 Å². The first kappa shape index (κ1) is 15.8. The van der Waals surface area contributed by atoms with Crippen LogP contribution < -0.4 is 5.32 Å². The standard InChI is InChI=1S/C15H24N2O4/c1-9(16-10(2)18)14(19)17-12-6-4-3-5-11(12)7-8-13(17)15(20)21/h9,11-13H,3-8H2,1-2H3,(H,16,18)(H,20,21). The van der Waals surface area contributed by atoms with Crippen molar-refractivity contribution in [1.82, 2.24) is 10.2 Å². The van der Waals surface area contributed by atoms with E-state index in [1.165, 1.54) is 6.92 Å². The van der Waals surface area contributed by atoms with Crippen molar-refractivity contribution in [2.45, 2.75) is 70.5 Å². The van der Waals surface area contributed by atoms with Crippen LogP contribution in [0.3, 0.4) is 0 Å². The van der Waals surface area contributed by atoms with Gasteiger partial charge in [0.2, 0.25) is 11.8 Å². The summed E-state index contributed by atoms with van der Waals surface area (Å²) in [5.41, 5.74) is 0. The molecule has 2 fully saturated rings. The molecule has 2 amide bonds. The van der Waals surface area contributed by atoms with Crippen molar-refractivity contribution in [3.63, 3.8) is 0 Å². The number of likely N-dealkylation sites (tertiary alicyclic amines) is 1. The second kappa shape index (κ2) is 6.45. The fourth-order valence-corrected chi connectivity index (χ4v) is 3.78. The lowest BCUT2D eigenvalue weighted by Gasteiger charge is -2.47. The third-order valence-electron chi connectivity index (χ3n) is 4.70. The van der Waals surface area contributed by atoms with Gasteiger partial charge < -0.3 is 15.3 Å². The summed E-state index contributed by atoms with van der Waals surface area (Å²) >= 11 is 0. The molecule has 118 valence electrons. The quantitative estimate of drug-likeness (QED) is 0.818. The Kier molecular flexibility index (Phi) is 4.85. The number of rotatable bonds is 3. The molecule has 0 bridgehead atoms. The van der Waals surface area contributed by atoms with Crippen molar-refractivity contribution in [2.75, 3.05) is 0 Å². The van der Waals surface area contributed by atoms with E-state index in [0.29, 0.717) is 12.3 Å². The Bertz CT molecular complexity index is 437. The highest BCUT2D eigenvalue weighted by Crippen LogP contribution is 2.38. The van der Waals surface area contributed by atoms with Crippen LogP contribution >= 0.6 is 0 Å². The van der Waals surface area contributed by atoms with E-state index in [9.17, 15) is 19.5 Å². The van der Waals surface area contributed by atoms with E-state index in [1.54, 1.807) is 11.8 Å². The molecule has 21 heavy (non-hydrogen) atoms. The summed E-state index contributed by atoms with van der Waals surface area (Å²) in [5, 5.41) is 12.0. The average molecular weight is 296 g/mol. The van der Waals surface area contributed by atoms with Crippen LogP contribution in [0.15, 0.2) is 0 Å². The van der Waals surface area contributed by atoms with Gasteiger partial charge in [0.25, 0.3) is 0 Å². The largest absolute Gasteiger partial charge is 0.480 e. The molecule has 4 atom stereocenters. The molecule has 4 unspecified atom stereocenters. The molecule has 6 nitrogen and oxygen atoms in total. The minimum atomic E-state index is -0.942. The zero-order valence-electron chi connectivity index (χ0n) is 12.7. The summed E-state index contributed by atoms with van der Waals surface area (Å²) in [6.07, 6.45) is 5.51. The van der Waals surface area contributed by atoms with E-state index in [2.05, 4.69) is 5.32 Å². The average Bonchev–Trinajstić information content (AvgIpc) is 2.44. The number of fused-ring (bicyclic) bond motifs is 1. The number of carbonyl (C=O) groups is 3. The minimum absolute atomic E-state index is 0.0114. The molecule has 1 heterocycles. The van der Waals surface area contributed by atoms with Crippen LogP contribution in [0.2, 0.25) is 0 Å². The Hall–Kier alpha value is -1.59. The molecule has 0 spiro atoms. The number of carboxylic acids is 1. The molecule has 0 radical (unpaired) electrons. The van der Waals surface area contributed by atoms with Gasteiger partial charge in [-0.25, -0.2) is 4.79 Å². The van der Waals surface area contributed by atoms with Crippen molar-refractivity contribution >= 4 is 17.8 Å². The maximum absolute atomic E-state index is 12.7. The third-order valence-corrected chi connectivity index (χ3v) is 4.70. The van der Waals surface area contributed by atoms with Gasteiger partial charge in [-0.15, -0.1) is 0 Å². The second-order valence-electron chi connectivity index (χ2n) is 6.21. The first-order valence-electron chi connectivity index (χ1n) is 7.74. The predicted molar refractivity (Wildman–Crippen MR) is 76.5 cm³/mol. The van der Waals surface area contributed by atoms with Crippen LogP contribution in [-0.2, 0) is 14.4 Å². The van der Waals surface area contributed by atoms with Gasteiger partial charge in [0.05, 0.1) is 0 Å². The number of amides is 2. The number of piperidine rings is 1. The highest BCUT2D eigenvalue weighted by atomic mass is 16.4. The van der Waals surface area contributed by atoms with Gasteiger partial charge in [-0.3, -0.25) is 9.59 Å². The van der Waals surface area contributed by atoms with Gasteiger partial charge >= 0.3 is 5.97 Å². The van der Waals surface area contributed by atoms with Crippen LogP contribution in [-0.4, -0.2) is 45.9 Å². The van der Waals surface area contributed by atoms with Gasteiger partial charge in [0.1, 0.15) is 12.1 Å². The second-order valence-corrected chi connectivity index (χ2v) is 6.21. The lowest BCUT2D eigenvalue weighted by molar-refractivity contribution is -0.159. The first-order valence-corrected chi connectivity index (χ1v) is 7.74. The van der Waals surface area contributed by atoms with Crippen LogP contribution in [0, 0.1) is 5.92 Å². The third kappa shape index (κ3) is 3.36. The fourth-order valence-electron chi connectivity index (χ4n) is 3.78. The van der Waals surface area contributed by atoms with Crippen molar-refractivity contribution in [3.05, 3.63) is 0 Å². The molecular weight excluding hydrogens is 272 g/mol. The molecule has 0 aromatic rings. The van der Waals surface area contributed by atoms with Crippen molar-refractivity contribution < 1.29 is 19.5 Å². The molecule has 2 rings (SSSR count). The zero-order valence-corrected chi connectivity index (χ0v) is 12.7. The number of aliphatic carboxylic acids is 1. The van der Waals surface area contributed by atoms with E-state index in [-0.39, 0.29) is 17.9 Å². The molecule has 2 N–H and O–H groups in total. The molecule has 2 aliphatic rings. The van der Waals surface area contributed by atoms with Crippen LogP contribution in [0.5, 0.6) is 0 Å². The SMILES string of the molecule is CC(=O)NC(C)C(=O)N1C(C(=O)O)CCC2CCCCC21. The molecule has 1 saturated carbocycles. The van der Waals surface area contributed by atoms with Gasteiger partial charge in [0.15, 0.2) is 0 Å². The number of nitrogens with one attached hydrogen (secondary N) is 1. The molecule has 0 aromatic carbocycles. The lowest BCUT2D eigenvalue weighted by atomic mass is 9.76. The van der Waals surface area contributed by atoms with Crippen molar-refractivity contribution in [3.8, 4) is 0 Å². The summed E-state index contributed by atoms with van der Waals surface area (Å²) < 4.78 is 0. The van der Waals surface area contributed by atoms with Crippen LogP contribution in [0.25, 0.3) is 0 Å². The molecule has 1 aliphatic carbocycles. The first-order chi connectivity index (χ1) is 9.91. The van der Waals surface area contributed by atoms with Crippen LogP contribution in [0.1, 0.15) is 52.4 Å². The van der Waals surface area contributed by atoms with Gasteiger partial charge in [-0.05, 0) is 38.5 Å². The van der Waals surface area contributed by atoms with Crippen LogP contribution in [0.4, 0.5) is 0 Å². The maximum atomic E-state index is 12.7. The van der Waals surface area contributed by atoms with Crippen molar-refractivity contribution in [1.29, 1.82) is 0 Å². The van der Waals surface area contributed by atoms with E-state index in [1.807, 2.05) is 0 Å². The minimum Gasteiger partial charge on any atom is -0.480 e. The Morgan fingerprint density at radius 2 is 1.81 bits per heavy atom. The van der Waals surface area contributed by atoms with E-state index in [0.717, 1.165) is 32.1 Å². The monoisotopic (exact) mass is 296 g/mol. The van der Waals surface area contributed by atoms with Gasteiger partial charge in [-0.2, -0.15) is 0 Å². The Morgan fingerprint density at radius 1 is 1.14 bits per heavy atom.